The molecule has 1 aliphatic heterocycles. The highest BCUT2D eigenvalue weighted by atomic mass is 35.5. The lowest BCUT2D eigenvalue weighted by Gasteiger charge is -2.37. The lowest BCUT2D eigenvalue weighted by Crippen LogP contribution is -2.47. The van der Waals surface area contributed by atoms with Crippen molar-refractivity contribution in [2.75, 3.05) is 13.2 Å². The molecular weight excluding hydrogens is 463 g/mol. The molecule has 5 rings (SSSR count). The number of hydrogen-bond donors (Lipinski definition) is 1. The quantitative estimate of drug-likeness (QED) is 0.405. The number of thiazole rings is 1. The summed E-state index contributed by atoms with van der Waals surface area (Å²) in [6.07, 6.45) is -0.125. The summed E-state index contributed by atoms with van der Waals surface area (Å²) >= 11 is 7.70. The zero-order valence-electron chi connectivity index (χ0n) is 18.4. The molecule has 0 spiro atoms. The van der Waals surface area contributed by atoms with Gasteiger partial charge in [0.2, 0.25) is 0 Å². The van der Waals surface area contributed by atoms with Crippen molar-refractivity contribution < 1.29 is 13.9 Å². The van der Waals surface area contributed by atoms with Crippen LogP contribution < -0.4 is 0 Å². The summed E-state index contributed by atoms with van der Waals surface area (Å²) in [5.41, 5.74) is 3.64. The van der Waals surface area contributed by atoms with Crippen LogP contribution in [0.2, 0.25) is 5.02 Å². The first kappa shape index (κ1) is 22.0. The third-order valence-electron chi connectivity index (χ3n) is 5.85. The third-order valence-corrected chi connectivity index (χ3v) is 7.28. The minimum absolute atomic E-state index is 0.125. The van der Waals surface area contributed by atoms with E-state index in [-0.39, 0.29) is 17.8 Å². The minimum Gasteiger partial charge on any atom is -0.374 e. The average Bonchev–Trinajstić information content (AvgIpc) is 3.40. The Hall–Kier alpha value is -2.81. The Morgan fingerprint density at radius 2 is 1.97 bits per heavy atom. The monoisotopic (exact) mass is 484 g/mol. The van der Waals surface area contributed by atoms with Crippen molar-refractivity contribution in [3.05, 3.63) is 69.3 Å². The van der Waals surface area contributed by atoms with Gasteiger partial charge in [0.1, 0.15) is 23.4 Å². The molecule has 1 fully saturated rings. The van der Waals surface area contributed by atoms with Crippen molar-refractivity contribution in [3.8, 4) is 10.4 Å². The van der Waals surface area contributed by atoms with Crippen molar-refractivity contribution in [3.63, 3.8) is 0 Å². The van der Waals surface area contributed by atoms with Crippen LogP contribution >= 0.6 is 22.9 Å². The van der Waals surface area contributed by atoms with Crippen LogP contribution in [-0.2, 0) is 4.74 Å². The number of aromatic nitrogens is 3. The standard InChI is InChI=1S/C24H22ClFN4O2S/c1-12-10-30(19(11-32-12)23-28-18-9-8-17(25)13(2)20(18)29-23)24(31)21-22(33-14(3)27-21)15-4-6-16(26)7-5-15/h4-9,12,19H,10-11H2,1-3H3,(H,28,29)/t12-,19-/m1/s1. The molecule has 170 valence electrons. The first-order valence-electron chi connectivity index (χ1n) is 10.6. The van der Waals surface area contributed by atoms with Crippen LogP contribution in [-0.4, -0.2) is 45.0 Å². The maximum absolute atomic E-state index is 13.8. The van der Waals surface area contributed by atoms with E-state index in [1.165, 1.54) is 23.5 Å². The first-order chi connectivity index (χ1) is 15.8. The number of nitrogens with one attached hydrogen (secondary N) is 1. The number of benzene rings is 2. The lowest BCUT2D eigenvalue weighted by molar-refractivity contribution is -0.0468. The normalized spacial score (nSPS) is 18.8. The van der Waals surface area contributed by atoms with Gasteiger partial charge in [0.15, 0.2) is 0 Å². The number of morpholine rings is 1. The van der Waals surface area contributed by atoms with Gasteiger partial charge in [-0.1, -0.05) is 23.7 Å². The number of rotatable bonds is 3. The molecule has 1 aliphatic rings. The second-order valence-electron chi connectivity index (χ2n) is 8.23. The van der Waals surface area contributed by atoms with Gasteiger partial charge in [0.25, 0.3) is 5.91 Å². The number of carbonyl (C=O) groups excluding carboxylic acids is 1. The van der Waals surface area contributed by atoms with E-state index < -0.39 is 6.04 Å². The lowest BCUT2D eigenvalue weighted by atomic mass is 10.1. The van der Waals surface area contributed by atoms with E-state index in [2.05, 4.69) is 9.97 Å². The van der Waals surface area contributed by atoms with Crippen LogP contribution in [0.1, 0.15) is 39.8 Å². The Morgan fingerprint density at radius 1 is 1.21 bits per heavy atom. The smallest absolute Gasteiger partial charge is 0.274 e. The number of ether oxygens (including phenoxy) is 1. The maximum Gasteiger partial charge on any atom is 0.274 e. The summed E-state index contributed by atoms with van der Waals surface area (Å²) in [7, 11) is 0. The molecule has 33 heavy (non-hydrogen) atoms. The number of H-pyrrole nitrogens is 1. The van der Waals surface area contributed by atoms with Crippen LogP contribution in [0, 0.1) is 19.7 Å². The molecule has 0 saturated carbocycles. The number of amides is 1. The van der Waals surface area contributed by atoms with E-state index in [4.69, 9.17) is 21.3 Å². The Morgan fingerprint density at radius 3 is 2.73 bits per heavy atom. The highest BCUT2D eigenvalue weighted by Gasteiger charge is 2.36. The van der Waals surface area contributed by atoms with Crippen LogP contribution in [0.3, 0.4) is 0 Å². The third kappa shape index (κ3) is 4.03. The van der Waals surface area contributed by atoms with Gasteiger partial charge in [-0.25, -0.2) is 14.4 Å². The molecule has 3 heterocycles. The number of halogens is 2. The molecule has 6 nitrogen and oxygen atoms in total. The number of imidazole rings is 1. The molecule has 9 heteroatoms. The van der Waals surface area contributed by atoms with Crippen LogP contribution in [0.25, 0.3) is 21.5 Å². The van der Waals surface area contributed by atoms with Crippen LogP contribution in [0.5, 0.6) is 0 Å². The molecule has 0 bridgehead atoms. The van der Waals surface area contributed by atoms with E-state index in [0.29, 0.717) is 29.7 Å². The summed E-state index contributed by atoms with van der Waals surface area (Å²) in [5, 5.41) is 1.41. The predicted octanol–water partition coefficient (Wildman–Crippen LogP) is 5.70. The summed E-state index contributed by atoms with van der Waals surface area (Å²) in [6, 6.07) is 9.43. The number of aryl methyl sites for hydroxylation is 2. The number of aromatic amines is 1. The van der Waals surface area contributed by atoms with Crippen LogP contribution in [0.4, 0.5) is 4.39 Å². The van der Waals surface area contributed by atoms with E-state index in [1.807, 2.05) is 32.9 Å². The second-order valence-corrected chi connectivity index (χ2v) is 9.84. The molecule has 0 radical (unpaired) electrons. The van der Waals surface area contributed by atoms with Crippen molar-refractivity contribution >= 4 is 39.9 Å². The highest BCUT2D eigenvalue weighted by molar-refractivity contribution is 7.15. The zero-order chi connectivity index (χ0) is 23.3. The van der Waals surface area contributed by atoms with Gasteiger partial charge in [-0.2, -0.15) is 0 Å². The van der Waals surface area contributed by atoms with Crippen LogP contribution in [0.15, 0.2) is 36.4 Å². The molecule has 1 saturated heterocycles. The van der Waals surface area contributed by atoms with Gasteiger partial charge in [0, 0.05) is 11.6 Å². The Bertz CT molecular complexity index is 1350. The van der Waals surface area contributed by atoms with Crippen molar-refractivity contribution in [2.45, 2.75) is 32.9 Å². The Labute approximate surface area is 199 Å². The van der Waals surface area contributed by atoms with E-state index in [1.54, 1.807) is 17.0 Å². The number of fused-ring (bicyclic) bond motifs is 1. The summed E-state index contributed by atoms with van der Waals surface area (Å²) < 4.78 is 19.4. The average molecular weight is 485 g/mol. The fraction of sp³-hybridized carbons (Fsp3) is 0.292. The molecule has 2 aromatic carbocycles. The molecule has 4 aromatic rings. The van der Waals surface area contributed by atoms with Gasteiger partial charge in [-0.05, 0) is 56.2 Å². The molecule has 0 unspecified atom stereocenters. The Balaban J connectivity index is 1.55. The molecule has 1 amide bonds. The minimum atomic E-state index is -0.401. The SMILES string of the molecule is Cc1nc(C(=O)N2C[C@@H](C)OC[C@@H]2c2nc3c(C)c(Cl)ccc3[nH]2)c(-c2ccc(F)cc2)s1. The maximum atomic E-state index is 13.8. The number of hydrogen-bond acceptors (Lipinski definition) is 5. The highest BCUT2D eigenvalue weighted by Crippen LogP contribution is 2.35. The van der Waals surface area contributed by atoms with Crippen molar-refractivity contribution in [2.24, 2.45) is 0 Å². The van der Waals surface area contributed by atoms with Gasteiger partial charge in [-0.3, -0.25) is 4.79 Å². The summed E-state index contributed by atoms with van der Waals surface area (Å²) in [4.78, 5) is 29.0. The van der Waals surface area contributed by atoms with E-state index in [0.717, 1.165) is 32.0 Å². The Kier molecular flexibility index (Phi) is 5.68. The van der Waals surface area contributed by atoms with E-state index in [9.17, 15) is 9.18 Å². The topological polar surface area (TPSA) is 71.1 Å². The van der Waals surface area contributed by atoms with Crippen molar-refractivity contribution in [1.29, 1.82) is 0 Å². The largest absolute Gasteiger partial charge is 0.374 e. The van der Waals surface area contributed by atoms with Gasteiger partial charge < -0.3 is 14.6 Å². The second kappa shape index (κ2) is 8.52. The first-order valence-corrected chi connectivity index (χ1v) is 11.8. The molecular formula is C24H22ClFN4O2S. The predicted molar refractivity (Wildman–Crippen MR) is 127 cm³/mol. The number of nitrogens with zero attached hydrogens (tertiary/aromatic N) is 3. The zero-order valence-corrected chi connectivity index (χ0v) is 19.9. The molecule has 1 N–H and O–H groups in total. The van der Waals surface area contributed by atoms with Crippen molar-refractivity contribution in [1.82, 2.24) is 19.9 Å². The summed E-state index contributed by atoms with van der Waals surface area (Å²) in [6.45, 7) is 6.44. The number of carbonyl (C=O) groups is 1. The fourth-order valence-corrected chi connectivity index (χ4v) is 5.19. The van der Waals surface area contributed by atoms with Gasteiger partial charge in [0.05, 0.1) is 33.6 Å². The summed E-state index contributed by atoms with van der Waals surface area (Å²) in [5.74, 6) is 0.121. The molecule has 0 aliphatic carbocycles. The van der Waals surface area contributed by atoms with E-state index >= 15 is 0 Å². The molecule has 2 atom stereocenters. The van der Waals surface area contributed by atoms with Gasteiger partial charge in [-0.15, -0.1) is 11.3 Å². The molecule has 2 aromatic heterocycles. The van der Waals surface area contributed by atoms with Gasteiger partial charge >= 0.3 is 0 Å². The fourth-order valence-electron chi connectivity index (χ4n) is 4.12.